The third-order valence-electron chi connectivity index (χ3n) is 5.86. The van der Waals surface area contributed by atoms with Crippen molar-refractivity contribution in [2.75, 3.05) is 83.5 Å². The molecule has 0 saturated carbocycles. The zero-order valence-corrected chi connectivity index (χ0v) is 28.8. The Morgan fingerprint density at radius 2 is 0.957 bits per heavy atom. The van der Waals surface area contributed by atoms with Gasteiger partial charge in [-0.25, -0.2) is 9.97 Å². The van der Waals surface area contributed by atoms with Crippen molar-refractivity contribution in [3.8, 4) is 0 Å². The molecule has 2 rings (SSSR count). The van der Waals surface area contributed by atoms with E-state index in [-0.39, 0.29) is 51.1 Å². The summed E-state index contributed by atoms with van der Waals surface area (Å²) in [7, 11) is 5.99. The minimum absolute atomic E-state index is 0.0743. The number of hydrogen-bond donors (Lipinski definition) is 5. The molecule has 258 valence electrons. The Bertz CT molecular complexity index is 1170. The molecule has 5 N–H and O–H groups in total. The van der Waals surface area contributed by atoms with Gasteiger partial charge in [-0.2, -0.15) is 0 Å². The average Bonchev–Trinajstić information content (AvgIpc) is 3.02. The first-order valence-corrected chi connectivity index (χ1v) is 19.0. The van der Waals surface area contributed by atoms with Crippen LogP contribution in [-0.4, -0.2) is 153 Å². The summed E-state index contributed by atoms with van der Waals surface area (Å²) < 4.78 is 0. The summed E-state index contributed by atoms with van der Waals surface area (Å²) in [4.78, 5) is 72.1. The van der Waals surface area contributed by atoms with Crippen LogP contribution in [0.15, 0.2) is 58.8 Å². The molecule has 19 heteroatoms. The minimum Gasteiger partial charge on any atom is -0.480 e. The van der Waals surface area contributed by atoms with Crippen LogP contribution in [0.4, 0.5) is 0 Å². The second kappa shape index (κ2) is 24.1. The summed E-state index contributed by atoms with van der Waals surface area (Å²) in [6.45, 7) is -0.567. The van der Waals surface area contributed by atoms with E-state index >= 15 is 0 Å². The van der Waals surface area contributed by atoms with Gasteiger partial charge in [0.15, 0.2) is 0 Å². The third kappa shape index (κ3) is 20.7. The number of carbonyl (C=O) groups excluding carboxylic acids is 2. The van der Waals surface area contributed by atoms with E-state index in [0.717, 1.165) is 10.1 Å². The van der Waals surface area contributed by atoms with Crippen LogP contribution in [0.2, 0.25) is 0 Å². The number of aromatic nitrogens is 2. The largest absolute Gasteiger partial charge is 0.480 e. The number of nitrogens with zero attached hydrogens (tertiary/aromatic N) is 5. The Hall–Kier alpha value is -3.07. The van der Waals surface area contributed by atoms with Crippen LogP contribution >= 0.6 is 43.2 Å². The zero-order valence-electron chi connectivity index (χ0n) is 25.6. The van der Waals surface area contributed by atoms with Crippen molar-refractivity contribution in [1.29, 1.82) is 0 Å². The summed E-state index contributed by atoms with van der Waals surface area (Å²) in [5.41, 5.74) is 0. The van der Waals surface area contributed by atoms with Gasteiger partial charge in [0.1, 0.15) is 10.1 Å². The van der Waals surface area contributed by atoms with Crippen LogP contribution in [-0.2, 0) is 24.0 Å². The molecule has 2 aromatic heterocycles. The number of carboxylic acids is 3. The van der Waals surface area contributed by atoms with Crippen molar-refractivity contribution in [3.63, 3.8) is 0 Å². The highest BCUT2D eigenvalue weighted by molar-refractivity contribution is 8.77. The van der Waals surface area contributed by atoms with Crippen molar-refractivity contribution >= 4 is 72.9 Å². The first-order chi connectivity index (χ1) is 22.6. The van der Waals surface area contributed by atoms with Gasteiger partial charge in [-0.15, -0.1) is 0 Å². The standard InChI is InChI=1S/C28H39N7O8S4/c36-22(29-9-15-44-46-24-5-1-3-7-31-24)17-34(20-27(40)41)13-11-33(19-26(38)39)12-14-35(21-28(42)43)18-23(37)30-10-16-45-47-25-6-2-4-8-32-25/h1-8H,9-21H2,(H,29,36)(H,30,37)(H,38,39)(H,40,41)(H,42,43). The Labute approximate surface area is 288 Å². The highest BCUT2D eigenvalue weighted by Crippen LogP contribution is 2.28. The lowest BCUT2D eigenvalue weighted by Gasteiger charge is -2.28. The highest BCUT2D eigenvalue weighted by atomic mass is 33.1. The summed E-state index contributed by atoms with van der Waals surface area (Å²) in [6, 6.07) is 11.2. The molecule has 2 heterocycles. The topological polar surface area (TPSA) is 206 Å². The van der Waals surface area contributed by atoms with Crippen LogP contribution in [0, 0.1) is 0 Å². The number of hydrogen-bond acceptors (Lipinski definition) is 14. The molecule has 0 fully saturated rings. The summed E-state index contributed by atoms with van der Waals surface area (Å²) in [6.07, 6.45) is 3.39. The molecule has 0 aliphatic rings. The quantitative estimate of drug-likeness (QED) is 0.0678. The summed E-state index contributed by atoms with van der Waals surface area (Å²) >= 11 is 0. The molecule has 47 heavy (non-hydrogen) atoms. The molecule has 15 nitrogen and oxygen atoms in total. The predicted octanol–water partition coefficient (Wildman–Crippen LogP) is 1.05. The number of aliphatic carboxylic acids is 3. The lowest BCUT2D eigenvalue weighted by atomic mass is 10.3. The normalized spacial score (nSPS) is 11.1. The third-order valence-corrected chi connectivity index (χ3v) is 10.4. The van der Waals surface area contributed by atoms with E-state index in [1.54, 1.807) is 12.4 Å². The maximum Gasteiger partial charge on any atom is 0.317 e. The summed E-state index contributed by atoms with van der Waals surface area (Å²) in [5, 5.41) is 35.3. The number of carbonyl (C=O) groups is 5. The van der Waals surface area contributed by atoms with Crippen LogP contribution < -0.4 is 10.6 Å². The number of amides is 2. The maximum atomic E-state index is 12.5. The maximum absolute atomic E-state index is 12.5. The first kappa shape index (κ1) is 40.1. The number of pyridine rings is 2. The highest BCUT2D eigenvalue weighted by Gasteiger charge is 2.20. The molecular weight excluding hydrogens is 691 g/mol. The second-order valence-electron chi connectivity index (χ2n) is 9.73. The molecule has 0 aliphatic heterocycles. The van der Waals surface area contributed by atoms with Crippen molar-refractivity contribution in [2.45, 2.75) is 10.1 Å². The number of nitrogens with one attached hydrogen (secondary N) is 2. The predicted molar refractivity (Wildman–Crippen MR) is 183 cm³/mol. The van der Waals surface area contributed by atoms with Gasteiger partial charge in [0.2, 0.25) is 11.8 Å². The van der Waals surface area contributed by atoms with Crippen LogP contribution in [0.1, 0.15) is 0 Å². The van der Waals surface area contributed by atoms with Crippen LogP contribution in [0.5, 0.6) is 0 Å². The van der Waals surface area contributed by atoms with E-state index < -0.39 is 37.5 Å². The van der Waals surface area contributed by atoms with E-state index in [4.69, 9.17) is 0 Å². The smallest absolute Gasteiger partial charge is 0.317 e. The van der Waals surface area contributed by atoms with Crippen molar-refractivity contribution < 1.29 is 39.3 Å². The van der Waals surface area contributed by atoms with Gasteiger partial charge in [-0.05, 0) is 45.9 Å². The fourth-order valence-corrected chi connectivity index (χ4v) is 7.39. The van der Waals surface area contributed by atoms with Gasteiger partial charge in [-0.3, -0.25) is 38.7 Å². The molecule has 0 spiro atoms. The molecular formula is C28H39N7O8S4. The van der Waals surface area contributed by atoms with Gasteiger partial charge in [-0.1, -0.05) is 33.7 Å². The fraction of sp³-hybridized carbons (Fsp3) is 0.464. The summed E-state index contributed by atoms with van der Waals surface area (Å²) in [5.74, 6) is -2.94. The Balaban J connectivity index is 1.79. The molecule has 0 unspecified atom stereocenters. The van der Waals surface area contributed by atoms with Gasteiger partial charge in [0.25, 0.3) is 0 Å². The number of carboxylic acid groups (broad SMARTS) is 3. The lowest BCUT2D eigenvalue weighted by Crippen LogP contribution is -2.47. The minimum atomic E-state index is -1.14. The Kier molecular flexibility index (Phi) is 20.6. The molecule has 0 aliphatic carbocycles. The van der Waals surface area contributed by atoms with Crippen LogP contribution in [0.3, 0.4) is 0 Å². The van der Waals surface area contributed by atoms with Crippen molar-refractivity contribution in [2.24, 2.45) is 0 Å². The lowest BCUT2D eigenvalue weighted by molar-refractivity contribution is -0.141. The average molecular weight is 730 g/mol. The molecule has 2 amide bonds. The molecule has 0 aromatic carbocycles. The fourth-order valence-electron chi connectivity index (χ4n) is 3.82. The molecule has 0 radical (unpaired) electrons. The van der Waals surface area contributed by atoms with E-state index in [2.05, 4.69) is 20.6 Å². The van der Waals surface area contributed by atoms with E-state index in [0.29, 0.717) is 24.6 Å². The second-order valence-corrected chi connectivity index (χ2v) is 14.6. The molecule has 0 saturated heterocycles. The first-order valence-electron chi connectivity index (χ1n) is 14.4. The van der Waals surface area contributed by atoms with Gasteiger partial charge in [0.05, 0.1) is 32.7 Å². The van der Waals surface area contributed by atoms with Crippen LogP contribution in [0.25, 0.3) is 0 Å². The Morgan fingerprint density at radius 1 is 0.574 bits per heavy atom. The SMILES string of the molecule is O=C(O)CN(CCN(CC(=O)O)CC(=O)NCCSSc1ccccn1)CCN(CC(=O)O)CC(=O)NCCSSc1ccccn1. The van der Waals surface area contributed by atoms with E-state index in [1.165, 1.54) is 57.9 Å². The van der Waals surface area contributed by atoms with E-state index in [9.17, 15) is 39.3 Å². The van der Waals surface area contributed by atoms with E-state index in [1.807, 2.05) is 36.4 Å². The van der Waals surface area contributed by atoms with Gasteiger partial charge >= 0.3 is 17.9 Å². The zero-order chi connectivity index (χ0) is 34.3. The van der Waals surface area contributed by atoms with Gasteiger partial charge in [0, 0.05) is 63.2 Å². The van der Waals surface area contributed by atoms with Gasteiger partial charge < -0.3 is 26.0 Å². The number of rotatable bonds is 26. The van der Waals surface area contributed by atoms with Crippen molar-refractivity contribution in [3.05, 3.63) is 48.8 Å². The molecule has 0 bridgehead atoms. The molecule has 2 aromatic rings. The Morgan fingerprint density at radius 3 is 1.32 bits per heavy atom. The molecule has 0 atom stereocenters. The monoisotopic (exact) mass is 729 g/mol. The van der Waals surface area contributed by atoms with Crippen molar-refractivity contribution in [1.82, 2.24) is 35.3 Å².